The second kappa shape index (κ2) is 9.41. The number of rotatable bonds is 9. The van der Waals surface area contributed by atoms with Crippen LogP contribution in [0.25, 0.3) is 0 Å². The van der Waals surface area contributed by atoms with Gasteiger partial charge in [-0.25, -0.2) is 0 Å². The van der Waals surface area contributed by atoms with Crippen LogP contribution >= 0.6 is 0 Å². The molecule has 7 heteroatoms. The molecule has 0 saturated carbocycles. The lowest BCUT2D eigenvalue weighted by Gasteiger charge is -2.34. The zero-order valence-corrected chi connectivity index (χ0v) is 17.6. The number of aryl methyl sites for hydroxylation is 2. The second-order valence-electron chi connectivity index (χ2n) is 7.92. The van der Waals surface area contributed by atoms with E-state index in [4.69, 9.17) is 9.84 Å². The molecule has 0 bridgehead atoms. The smallest absolute Gasteiger partial charge is 0.240 e. The van der Waals surface area contributed by atoms with E-state index in [1.165, 1.54) is 0 Å². The number of nitrogens with zero attached hydrogens (tertiary/aromatic N) is 3. The van der Waals surface area contributed by atoms with Gasteiger partial charge in [0.1, 0.15) is 12.4 Å². The Labute approximate surface area is 172 Å². The number of carbonyl (C=O) groups excluding carboxylic acids is 1. The van der Waals surface area contributed by atoms with Gasteiger partial charge in [-0.05, 0) is 63.9 Å². The molecule has 0 aliphatic carbocycles. The first-order chi connectivity index (χ1) is 13.9. The molecule has 1 aliphatic heterocycles. The molecule has 0 radical (unpaired) electrons. The topological polar surface area (TPSA) is 79.6 Å². The number of nitrogens with one attached hydrogen (secondary N) is 1. The summed E-state index contributed by atoms with van der Waals surface area (Å²) in [7, 11) is 0. The van der Waals surface area contributed by atoms with E-state index < -0.39 is 5.54 Å². The van der Waals surface area contributed by atoms with Crippen LogP contribution in [-0.2, 0) is 17.9 Å². The lowest BCUT2D eigenvalue weighted by molar-refractivity contribution is -0.131. The van der Waals surface area contributed by atoms with Crippen LogP contribution in [0.1, 0.15) is 36.7 Å². The molecule has 158 valence electrons. The lowest BCUT2D eigenvalue weighted by atomic mass is 9.97. The Morgan fingerprint density at radius 2 is 2.07 bits per heavy atom. The highest BCUT2D eigenvalue weighted by atomic mass is 16.5. The van der Waals surface area contributed by atoms with Crippen molar-refractivity contribution in [2.45, 2.75) is 52.2 Å². The van der Waals surface area contributed by atoms with Gasteiger partial charge in [-0.2, -0.15) is 5.10 Å². The summed E-state index contributed by atoms with van der Waals surface area (Å²) in [6.07, 6.45) is 1.83. The van der Waals surface area contributed by atoms with Gasteiger partial charge in [-0.3, -0.25) is 14.4 Å². The van der Waals surface area contributed by atoms with E-state index in [2.05, 4.69) is 33.5 Å². The van der Waals surface area contributed by atoms with Gasteiger partial charge in [0, 0.05) is 18.8 Å². The summed E-state index contributed by atoms with van der Waals surface area (Å²) in [4.78, 5) is 14.8. The molecule has 0 spiro atoms. The number of ether oxygens (including phenoxy) is 1. The first kappa shape index (κ1) is 21.3. The molecule has 1 aromatic carbocycles. The van der Waals surface area contributed by atoms with Crippen molar-refractivity contribution >= 4 is 5.91 Å². The third kappa shape index (κ3) is 5.16. The Bertz CT molecular complexity index is 818. The average molecular weight is 401 g/mol. The number of aromatic nitrogens is 2. The molecule has 1 aromatic heterocycles. The van der Waals surface area contributed by atoms with Gasteiger partial charge in [0.05, 0.1) is 24.4 Å². The van der Waals surface area contributed by atoms with Crippen LogP contribution in [0, 0.1) is 13.8 Å². The summed E-state index contributed by atoms with van der Waals surface area (Å²) in [6.45, 7) is 9.18. The van der Waals surface area contributed by atoms with Crippen molar-refractivity contribution < 1.29 is 14.6 Å². The third-order valence-electron chi connectivity index (χ3n) is 5.65. The van der Waals surface area contributed by atoms with Crippen molar-refractivity contribution in [1.29, 1.82) is 0 Å². The quantitative estimate of drug-likeness (QED) is 0.673. The molecule has 1 amide bonds. The third-order valence-corrected chi connectivity index (χ3v) is 5.65. The standard InChI is InChI=1S/C22H32N4O3/c1-17-15-18(2)26(24-17)12-14-29-20-7-5-19(6-8-20)16-25-11-4-9-22(25,3)21(28)23-10-13-27/h5-8,15,27H,4,9-14,16H2,1-3H3,(H,23,28)/t22-/m0/s1. The summed E-state index contributed by atoms with van der Waals surface area (Å²) in [6, 6.07) is 10.1. The number of carbonyl (C=O) groups is 1. The molecule has 1 atom stereocenters. The second-order valence-corrected chi connectivity index (χ2v) is 7.92. The van der Waals surface area contributed by atoms with Gasteiger partial charge >= 0.3 is 0 Å². The van der Waals surface area contributed by atoms with E-state index in [9.17, 15) is 4.79 Å². The monoisotopic (exact) mass is 400 g/mol. The Hall–Kier alpha value is -2.38. The van der Waals surface area contributed by atoms with E-state index in [-0.39, 0.29) is 12.5 Å². The van der Waals surface area contributed by atoms with E-state index in [0.29, 0.717) is 13.2 Å². The number of hydrogen-bond donors (Lipinski definition) is 2. The molecule has 1 fully saturated rings. The van der Waals surface area contributed by atoms with Crippen molar-refractivity contribution in [3.8, 4) is 5.75 Å². The predicted octanol–water partition coefficient (Wildman–Crippen LogP) is 2.04. The Kier molecular flexibility index (Phi) is 6.92. The van der Waals surface area contributed by atoms with Gasteiger partial charge < -0.3 is 15.2 Å². The Morgan fingerprint density at radius 3 is 2.72 bits per heavy atom. The SMILES string of the molecule is Cc1cc(C)n(CCOc2ccc(CN3CCC[C@@]3(C)C(=O)NCCO)cc2)n1. The molecule has 0 unspecified atom stereocenters. The van der Waals surface area contributed by atoms with Crippen molar-refractivity contribution in [2.75, 3.05) is 26.3 Å². The molecule has 7 nitrogen and oxygen atoms in total. The van der Waals surface area contributed by atoms with Crippen LogP contribution in [0.2, 0.25) is 0 Å². The number of amides is 1. The molecular weight excluding hydrogens is 368 g/mol. The molecule has 3 rings (SSSR count). The van der Waals surface area contributed by atoms with E-state index in [1.54, 1.807) is 0 Å². The number of likely N-dealkylation sites (tertiary alicyclic amines) is 1. The fourth-order valence-electron chi connectivity index (χ4n) is 3.95. The molecule has 29 heavy (non-hydrogen) atoms. The van der Waals surface area contributed by atoms with Crippen LogP contribution in [0.4, 0.5) is 0 Å². The number of aliphatic hydroxyl groups is 1. The van der Waals surface area contributed by atoms with Crippen molar-refractivity contribution in [3.05, 3.63) is 47.3 Å². The largest absolute Gasteiger partial charge is 0.492 e. The first-order valence-corrected chi connectivity index (χ1v) is 10.3. The fourth-order valence-corrected chi connectivity index (χ4v) is 3.95. The molecule has 2 aromatic rings. The van der Waals surface area contributed by atoms with Crippen molar-refractivity contribution in [1.82, 2.24) is 20.0 Å². The van der Waals surface area contributed by atoms with Crippen molar-refractivity contribution in [3.63, 3.8) is 0 Å². The summed E-state index contributed by atoms with van der Waals surface area (Å²) in [5, 5.41) is 16.2. The molecule has 1 saturated heterocycles. The van der Waals surface area contributed by atoms with Gasteiger partial charge in [0.15, 0.2) is 0 Å². The zero-order valence-electron chi connectivity index (χ0n) is 17.6. The maximum Gasteiger partial charge on any atom is 0.240 e. The molecule has 1 aliphatic rings. The van der Waals surface area contributed by atoms with E-state index >= 15 is 0 Å². The molecular formula is C22H32N4O3. The Balaban J connectivity index is 1.53. The maximum atomic E-state index is 12.6. The van der Waals surface area contributed by atoms with Crippen LogP contribution in [-0.4, -0.2) is 57.5 Å². The summed E-state index contributed by atoms with van der Waals surface area (Å²) >= 11 is 0. The normalized spacial score (nSPS) is 19.4. The number of hydrogen-bond acceptors (Lipinski definition) is 5. The highest BCUT2D eigenvalue weighted by Crippen LogP contribution is 2.31. The van der Waals surface area contributed by atoms with Crippen LogP contribution in [0.15, 0.2) is 30.3 Å². The molecule has 2 heterocycles. The minimum absolute atomic E-state index is 0.00634. The van der Waals surface area contributed by atoms with E-state index in [0.717, 1.165) is 55.2 Å². The highest BCUT2D eigenvalue weighted by Gasteiger charge is 2.42. The zero-order chi connectivity index (χ0) is 20.9. The predicted molar refractivity (Wildman–Crippen MR) is 112 cm³/mol. The van der Waals surface area contributed by atoms with Gasteiger partial charge in [0.25, 0.3) is 0 Å². The summed E-state index contributed by atoms with van der Waals surface area (Å²) in [5.74, 6) is 0.827. The average Bonchev–Trinajstić information content (AvgIpc) is 3.23. The highest BCUT2D eigenvalue weighted by molar-refractivity contribution is 5.86. The van der Waals surface area contributed by atoms with Crippen LogP contribution in [0.3, 0.4) is 0 Å². The van der Waals surface area contributed by atoms with Gasteiger partial charge in [-0.1, -0.05) is 12.1 Å². The van der Waals surface area contributed by atoms with Crippen molar-refractivity contribution in [2.24, 2.45) is 0 Å². The lowest BCUT2D eigenvalue weighted by Crippen LogP contribution is -2.53. The van der Waals surface area contributed by atoms with Gasteiger partial charge in [0.2, 0.25) is 5.91 Å². The first-order valence-electron chi connectivity index (χ1n) is 10.3. The van der Waals surface area contributed by atoms with Crippen LogP contribution in [0.5, 0.6) is 5.75 Å². The summed E-state index contributed by atoms with van der Waals surface area (Å²) in [5.41, 5.74) is 2.78. The Morgan fingerprint density at radius 1 is 1.31 bits per heavy atom. The fraction of sp³-hybridized carbons (Fsp3) is 0.545. The minimum atomic E-state index is -0.524. The maximum absolute atomic E-state index is 12.6. The number of aliphatic hydroxyl groups excluding tert-OH is 1. The molecule has 2 N–H and O–H groups in total. The number of benzene rings is 1. The van der Waals surface area contributed by atoms with Gasteiger partial charge in [-0.15, -0.1) is 0 Å². The van der Waals surface area contributed by atoms with Crippen LogP contribution < -0.4 is 10.1 Å². The minimum Gasteiger partial charge on any atom is -0.492 e. The summed E-state index contributed by atoms with van der Waals surface area (Å²) < 4.78 is 7.82. The van der Waals surface area contributed by atoms with E-state index in [1.807, 2.05) is 37.6 Å².